The Hall–Kier alpha value is -3.85. The molecule has 0 spiro atoms. The molecule has 0 atom stereocenters. The first-order chi connectivity index (χ1) is 16.7. The average molecular weight is 445 g/mol. The van der Waals surface area contributed by atoms with Crippen molar-refractivity contribution < 1.29 is 5.11 Å². The van der Waals surface area contributed by atoms with Crippen molar-refractivity contribution in [3.63, 3.8) is 0 Å². The summed E-state index contributed by atoms with van der Waals surface area (Å²) < 4.78 is 2.30. The van der Waals surface area contributed by atoms with Crippen LogP contribution in [0.1, 0.15) is 37.3 Å². The molecule has 3 heteroatoms. The predicted molar refractivity (Wildman–Crippen MR) is 140 cm³/mol. The number of hydrogen-bond acceptors (Lipinski definition) is 2. The number of benzene rings is 4. The van der Waals surface area contributed by atoms with Crippen LogP contribution in [0.3, 0.4) is 0 Å². The van der Waals surface area contributed by atoms with Gasteiger partial charge < -0.3 is 5.11 Å². The van der Waals surface area contributed by atoms with Crippen LogP contribution in [0.2, 0.25) is 0 Å². The van der Waals surface area contributed by atoms with Gasteiger partial charge in [-0.25, -0.2) is 0 Å². The van der Waals surface area contributed by atoms with E-state index in [1.165, 1.54) is 58.8 Å². The molecular weight excluding hydrogens is 416 g/mol. The van der Waals surface area contributed by atoms with Gasteiger partial charge in [-0.2, -0.15) is 5.10 Å². The van der Waals surface area contributed by atoms with Crippen LogP contribution < -0.4 is 0 Å². The van der Waals surface area contributed by atoms with Gasteiger partial charge in [0.2, 0.25) is 0 Å². The third kappa shape index (κ3) is 3.58. The zero-order valence-electron chi connectivity index (χ0n) is 19.4. The molecule has 1 saturated carbocycles. The lowest BCUT2D eigenvalue weighted by molar-refractivity contribution is 0.475. The van der Waals surface area contributed by atoms with Gasteiger partial charge in [-0.15, -0.1) is 0 Å². The minimum Gasteiger partial charge on any atom is -0.508 e. The zero-order chi connectivity index (χ0) is 23.1. The van der Waals surface area contributed by atoms with Crippen LogP contribution in [0.15, 0.2) is 91.0 Å². The lowest BCUT2D eigenvalue weighted by Crippen LogP contribution is -2.07. The van der Waals surface area contributed by atoms with Gasteiger partial charge in [0.15, 0.2) is 0 Å². The Morgan fingerprint density at radius 2 is 1.44 bits per heavy atom. The molecule has 34 heavy (non-hydrogen) atoms. The number of rotatable bonds is 4. The Labute approximate surface area is 200 Å². The van der Waals surface area contributed by atoms with Crippen LogP contribution in [0.4, 0.5) is 0 Å². The molecule has 0 saturated heterocycles. The van der Waals surface area contributed by atoms with Crippen LogP contribution in [-0.2, 0) is 0 Å². The first-order valence-electron chi connectivity index (χ1n) is 12.2. The summed E-state index contributed by atoms with van der Waals surface area (Å²) in [4.78, 5) is 0. The summed E-state index contributed by atoms with van der Waals surface area (Å²) in [5.41, 5.74) is 9.21. The van der Waals surface area contributed by atoms with E-state index in [0.717, 1.165) is 16.8 Å². The summed E-state index contributed by atoms with van der Waals surface area (Å²) in [7, 11) is 0. The van der Waals surface area contributed by atoms with E-state index in [4.69, 9.17) is 5.10 Å². The molecule has 1 aromatic heterocycles. The Kier molecular flexibility index (Phi) is 5.18. The third-order valence-electron chi connectivity index (χ3n) is 7.17. The monoisotopic (exact) mass is 444 g/mol. The third-order valence-corrected chi connectivity index (χ3v) is 7.17. The second-order valence-electron chi connectivity index (χ2n) is 9.38. The van der Waals surface area contributed by atoms with Crippen LogP contribution >= 0.6 is 0 Å². The number of phenols is 1. The highest BCUT2D eigenvalue weighted by atomic mass is 16.3. The maximum Gasteiger partial charge on any atom is 0.115 e. The van der Waals surface area contributed by atoms with E-state index in [2.05, 4.69) is 77.5 Å². The first kappa shape index (κ1) is 20.7. The molecule has 4 aromatic carbocycles. The van der Waals surface area contributed by atoms with Crippen molar-refractivity contribution >= 4 is 10.9 Å². The van der Waals surface area contributed by atoms with Gasteiger partial charge in [-0.3, -0.25) is 4.68 Å². The molecule has 3 nitrogen and oxygen atoms in total. The molecule has 0 amide bonds. The highest BCUT2D eigenvalue weighted by molar-refractivity contribution is 6.02. The normalized spacial score (nSPS) is 14.1. The molecule has 1 N–H and O–H groups in total. The number of aromatic hydroxyl groups is 1. The molecule has 5 aromatic rings. The maximum atomic E-state index is 9.95. The number of aromatic nitrogens is 2. The lowest BCUT2D eigenvalue weighted by atomic mass is 9.96. The van der Waals surface area contributed by atoms with Crippen molar-refractivity contribution in [3.8, 4) is 39.3 Å². The van der Waals surface area contributed by atoms with E-state index in [1.807, 2.05) is 19.1 Å². The van der Waals surface area contributed by atoms with E-state index in [-0.39, 0.29) is 0 Å². The molecule has 0 unspecified atom stereocenters. The number of nitrogens with zero attached hydrogens (tertiary/aromatic N) is 2. The molecule has 1 heterocycles. The smallest absolute Gasteiger partial charge is 0.115 e. The topological polar surface area (TPSA) is 38.1 Å². The number of aryl methyl sites for hydroxylation is 1. The number of para-hydroxylation sites is 1. The second-order valence-corrected chi connectivity index (χ2v) is 9.38. The fourth-order valence-electron chi connectivity index (χ4n) is 5.42. The van der Waals surface area contributed by atoms with Crippen molar-refractivity contribution in [1.29, 1.82) is 0 Å². The van der Waals surface area contributed by atoms with Gasteiger partial charge >= 0.3 is 0 Å². The molecule has 0 radical (unpaired) electrons. The fraction of sp³-hybridized carbons (Fsp3) is 0.194. The Morgan fingerprint density at radius 1 is 0.735 bits per heavy atom. The number of hydrogen-bond donors (Lipinski definition) is 1. The Morgan fingerprint density at radius 3 is 2.18 bits per heavy atom. The Balaban J connectivity index is 1.53. The van der Waals surface area contributed by atoms with E-state index >= 15 is 0 Å². The summed E-state index contributed by atoms with van der Waals surface area (Å²) >= 11 is 0. The molecular formula is C31H28N2O. The zero-order valence-corrected chi connectivity index (χ0v) is 19.4. The minimum absolute atomic E-state index is 0.292. The summed E-state index contributed by atoms with van der Waals surface area (Å²) in [5, 5.41) is 16.3. The van der Waals surface area contributed by atoms with Crippen molar-refractivity contribution in [1.82, 2.24) is 9.78 Å². The van der Waals surface area contributed by atoms with Crippen LogP contribution in [-0.4, -0.2) is 14.9 Å². The highest BCUT2D eigenvalue weighted by Crippen LogP contribution is 2.41. The molecule has 6 rings (SSSR count). The minimum atomic E-state index is 0.292. The SMILES string of the molecule is Cc1cc(O)ccc1-c1nn(C2CCCC2)c2c(-c3ccc(-c4ccccc4)cc3)cccc12. The van der Waals surface area contributed by atoms with Crippen molar-refractivity contribution in [2.45, 2.75) is 38.6 Å². The predicted octanol–water partition coefficient (Wildman–Crippen LogP) is 8.17. The standard InChI is InChI=1S/C31H28N2O/c1-21-20-26(34)18-19-27(21)30-29-13-7-12-28(31(29)33(32-30)25-10-5-6-11-25)24-16-14-23(15-17-24)22-8-3-2-4-9-22/h2-4,7-9,12-20,25,34H,5-6,10-11H2,1H3. The van der Waals surface area contributed by atoms with Gasteiger partial charge in [0.25, 0.3) is 0 Å². The summed E-state index contributed by atoms with van der Waals surface area (Å²) in [5.74, 6) is 0.292. The largest absolute Gasteiger partial charge is 0.508 e. The fourth-order valence-corrected chi connectivity index (χ4v) is 5.42. The van der Waals surface area contributed by atoms with Gasteiger partial charge in [-0.1, -0.05) is 85.6 Å². The van der Waals surface area contributed by atoms with Gasteiger partial charge in [-0.05, 0) is 60.2 Å². The molecule has 0 bridgehead atoms. The van der Waals surface area contributed by atoms with Gasteiger partial charge in [0, 0.05) is 16.5 Å². The van der Waals surface area contributed by atoms with E-state index in [0.29, 0.717) is 11.8 Å². The highest BCUT2D eigenvalue weighted by Gasteiger charge is 2.24. The van der Waals surface area contributed by atoms with Gasteiger partial charge in [0.1, 0.15) is 11.4 Å². The Bertz CT molecular complexity index is 1460. The molecule has 1 aliphatic carbocycles. The van der Waals surface area contributed by atoms with Crippen molar-refractivity contribution in [2.24, 2.45) is 0 Å². The van der Waals surface area contributed by atoms with Gasteiger partial charge in [0.05, 0.1) is 11.6 Å². The second kappa shape index (κ2) is 8.49. The summed E-state index contributed by atoms with van der Waals surface area (Å²) in [6.45, 7) is 2.04. The van der Waals surface area contributed by atoms with Crippen molar-refractivity contribution in [3.05, 3.63) is 96.6 Å². The van der Waals surface area contributed by atoms with E-state index in [1.54, 1.807) is 6.07 Å². The number of phenolic OH excluding ortho intramolecular Hbond substituents is 1. The van der Waals surface area contributed by atoms with Crippen LogP contribution in [0.5, 0.6) is 5.75 Å². The summed E-state index contributed by atoms with van der Waals surface area (Å²) in [6, 6.07) is 32.0. The van der Waals surface area contributed by atoms with Crippen LogP contribution in [0, 0.1) is 6.92 Å². The maximum absolute atomic E-state index is 9.95. The summed E-state index contributed by atoms with van der Waals surface area (Å²) in [6.07, 6.45) is 4.86. The van der Waals surface area contributed by atoms with E-state index < -0.39 is 0 Å². The van der Waals surface area contributed by atoms with Crippen molar-refractivity contribution in [2.75, 3.05) is 0 Å². The van der Waals surface area contributed by atoms with E-state index in [9.17, 15) is 5.11 Å². The molecule has 0 aliphatic heterocycles. The molecule has 1 aliphatic rings. The number of fused-ring (bicyclic) bond motifs is 1. The quantitative estimate of drug-likeness (QED) is 0.304. The van der Waals surface area contributed by atoms with Crippen LogP contribution in [0.25, 0.3) is 44.4 Å². The first-order valence-corrected chi connectivity index (χ1v) is 12.2. The lowest BCUT2D eigenvalue weighted by Gasteiger charge is -2.14. The molecule has 168 valence electrons. The molecule has 1 fully saturated rings. The average Bonchev–Trinajstić information content (AvgIpc) is 3.53.